The lowest BCUT2D eigenvalue weighted by Gasteiger charge is -2.33. The molecule has 2 aromatic carbocycles. The van der Waals surface area contributed by atoms with Crippen molar-refractivity contribution in [1.29, 1.82) is 0 Å². The van der Waals surface area contributed by atoms with Crippen molar-refractivity contribution < 1.29 is 13.2 Å². The van der Waals surface area contributed by atoms with Gasteiger partial charge in [-0.1, -0.05) is 44.0 Å². The van der Waals surface area contributed by atoms with E-state index in [1.54, 1.807) is 30.5 Å². The molecule has 1 heterocycles. The Kier molecular flexibility index (Phi) is 7.58. The molecule has 2 aromatic rings. The lowest BCUT2D eigenvalue weighted by molar-refractivity contribution is -0.122. The summed E-state index contributed by atoms with van der Waals surface area (Å²) in [6, 6.07) is 14.1. The van der Waals surface area contributed by atoms with E-state index in [1.165, 1.54) is 4.31 Å². The molecule has 10 heteroatoms. The maximum atomic E-state index is 12.7. The van der Waals surface area contributed by atoms with Crippen molar-refractivity contribution in [2.75, 3.05) is 32.7 Å². The molecule has 0 atom stereocenters. The van der Waals surface area contributed by atoms with E-state index in [-0.39, 0.29) is 17.3 Å². The van der Waals surface area contributed by atoms with Crippen LogP contribution in [0.5, 0.6) is 0 Å². The standard InChI is InChI=1S/C19H20Br2N4O3S/c20-16-3-1-15(2-4-16)13-22-23-19(26)14-24-9-11-25(12-10-24)29(27,28)18-7-5-17(21)6-8-18/h1-8,13H,9-12,14H2,(H,23,26). The highest BCUT2D eigenvalue weighted by atomic mass is 79.9. The van der Waals surface area contributed by atoms with Gasteiger partial charge in [0.1, 0.15) is 0 Å². The van der Waals surface area contributed by atoms with Crippen molar-refractivity contribution in [1.82, 2.24) is 14.6 Å². The third kappa shape index (κ3) is 6.19. The minimum absolute atomic E-state index is 0.170. The summed E-state index contributed by atoms with van der Waals surface area (Å²) in [5, 5.41) is 3.96. The van der Waals surface area contributed by atoms with E-state index >= 15 is 0 Å². The molecule has 0 unspecified atom stereocenters. The Bertz CT molecular complexity index is 972. The summed E-state index contributed by atoms with van der Waals surface area (Å²) in [6.45, 7) is 1.82. The van der Waals surface area contributed by atoms with Crippen molar-refractivity contribution in [3.63, 3.8) is 0 Å². The van der Waals surface area contributed by atoms with Gasteiger partial charge in [0.05, 0.1) is 17.7 Å². The molecule has 1 amide bonds. The van der Waals surface area contributed by atoms with Gasteiger partial charge in [-0.05, 0) is 42.0 Å². The van der Waals surface area contributed by atoms with Crippen LogP contribution in [0.4, 0.5) is 0 Å². The smallest absolute Gasteiger partial charge is 0.254 e. The molecule has 0 bridgehead atoms. The van der Waals surface area contributed by atoms with Crippen molar-refractivity contribution in [2.45, 2.75) is 4.90 Å². The molecule has 7 nitrogen and oxygen atoms in total. The first-order valence-electron chi connectivity index (χ1n) is 8.90. The van der Waals surface area contributed by atoms with Crippen LogP contribution in [0, 0.1) is 0 Å². The molecule has 0 spiro atoms. The summed E-state index contributed by atoms with van der Waals surface area (Å²) < 4.78 is 28.7. The Labute approximate surface area is 187 Å². The van der Waals surface area contributed by atoms with Crippen LogP contribution in [0.3, 0.4) is 0 Å². The van der Waals surface area contributed by atoms with Gasteiger partial charge in [0.25, 0.3) is 5.91 Å². The second-order valence-corrected chi connectivity index (χ2v) is 10.2. The highest BCUT2D eigenvalue weighted by Gasteiger charge is 2.28. The summed E-state index contributed by atoms with van der Waals surface area (Å²) in [6.07, 6.45) is 1.58. The van der Waals surface area contributed by atoms with E-state index in [2.05, 4.69) is 42.4 Å². The van der Waals surface area contributed by atoms with Crippen LogP contribution in [0.1, 0.15) is 5.56 Å². The van der Waals surface area contributed by atoms with Crippen LogP contribution in [0.2, 0.25) is 0 Å². The average molecular weight is 544 g/mol. The van der Waals surface area contributed by atoms with E-state index in [4.69, 9.17) is 0 Å². The van der Waals surface area contributed by atoms with Gasteiger partial charge in [0.15, 0.2) is 0 Å². The van der Waals surface area contributed by atoms with Gasteiger partial charge in [0, 0.05) is 35.1 Å². The Balaban J connectivity index is 1.47. The van der Waals surface area contributed by atoms with E-state index in [9.17, 15) is 13.2 Å². The third-order valence-electron chi connectivity index (χ3n) is 4.42. The maximum Gasteiger partial charge on any atom is 0.254 e. The number of carbonyl (C=O) groups excluding carboxylic acids is 1. The van der Waals surface area contributed by atoms with E-state index < -0.39 is 10.0 Å². The lowest BCUT2D eigenvalue weighted by atomic mass is 10.2. The number of nitrogens with zero attached hydrogens (tertiary/aromatic N) is 3. The number of rotatable bonds is 6. The maximum absolute atomic E-state index is 12.7. The Hall–Kier alpha value is -1.59. The molecule has 29 heavy (non-hydrogen) atoms. The molecule has 0 aromatic heterocycles. The number of amides is 1. The zero-order chi connectivity index (χ0) is 20.9. The largest absolute Gasteiger partial charge is 0.292 e. The summed E-state index contributed by atoms with van der Waals surface area (Å²) in [5.41, 5.74) is 3.38. The van der Waals surface area contributed by atoms with Crippen molar-refractivity contribution in [2.24, 2.45) is 5.10 Å². The van der Waals surface area contributed by atoms with Crippen LogP contribution < -0.4 is 5.43 Å². The molecule has 154 valence electrons. The van der Waals surface area contributed by atoms with E-state index in [1.807, 2.05) is 29.2 Å². The number of hydrogen-bond donors (Lipinski definition) is 1. The average Bonchev–Trinajstić information content (AvgIpc) is 2.70. The normalized spacial score (nSPS) is 16.2. The number of halogens is 2. The number of benzene rings is 2. The van der Waals surface area contributed by atoms with Crippen LogP contribution in [-0.4, -0.2) is 62.5 Å². The van der Waals surface area contributed by atoms with Gasteiger partial charge < -0.3 is 0 Å². The Morgan fingerprint density at radius 1 is 0.966 bits per heavy atom. The van der Waals surface area contributed by atoms with E-state index in [0.717, 1.165) is 14.5 Å². The molecule has 0 aliphatic carbocycles. The number of piperazine rings is 1. The van der Waals surface area contributed by atoms with Crippen LogP contribution in [-0.2, 0) is 14.8 Å². The topological polar surface area (TPSA) is 82.1 Å². The number of carbonyl (C=O) groups is 1. The molecule has 1 N–H and O–H groups in total. The van der Waals surface area contributed by atoms with Crippen LogP contribution in [0.25, 0.3) is 0 Å². The predicted molar refractivity (Wildman–Crippen MR) is 119 cm³/mol. The summed E-state index contributed by atoms with van der Waals surface area (Å²) in [4.78, 5) is 14.3. The predicted octanol–water partition coefficient (Wildman–Crippen LogP) is 2.67. The minimum Gasteiger partial charge on any atom is -0.292 e. The number of hydrogen-bond acceptors (Lipinski definition) is 5. The van der Waals surface area contributed by atoms with Gasteiger partial charge in [-0.15, -0.1) is 0 Å². The van der Waals surface area contributed by atoms with Gasteiger partial charge in [-0.2, -0.15) is 9.41 Å². The zero-order valence-corrected chi connectivity index (χ0v) is 19.5. The second-order valence-electron chi connectivity index (χ2n) is 6.48. The summed E-state index contributed by atoms with van der Waals surface area (Å²) in [5.74, 6) is -0.234. The summed E-state index contributed by atoms with van der Waals surface area (Å²) >= 11 is 6.67. The molecule has 1 aliphatic rings. The first kappa shape index (κ1) is 22.1. The highest BCUT2D eigenvalue weighted by molar-refractivity contribution is 9.10. The lowest BCUT2D eigenvalue weighted by Crippen LogP contribution is -2.50. The number of sulfonamides is 1. The molecule has 1 aliphatic heterocycles. The van der Waals surface area contributed by atoms with Crippen LogP contribution in [0.15, 0.2) is 67.5 Å². The third-order valence-corrected chi connectivity index (χ3v) is 7.39. The van der Waals surface area contributed by atoms with Crippen molar-refractivity contribution in [3.05, 3.63) is 63.0 Å². The molecular weight excluding hydrogens is 524 g/mol. The van der Waals surface area contributed by atoms with E-state index in [0.29, 0.717) is 26.2 Å². The second kappa shape index (κ2) is 9.94. The Morgan fingerprint density at radius 3 is 2.10 bits per heavy atom. The quantitative estimate of drug-likeness (QED) is 0.448. The van der Waals surface area contributed by atoms with Gasteiger partial charge in [-0.25, -0.2) is 13.8 Å². The fourth-order valence-corrected chi connectivity index (χ4v) is 4.80. The van der Waals surface area contributed by atoms with Crippen molar-refractivity contribution in [3.8, 4) is 0 Å². The van der Waals surface area contributed by atoms with Gasteiger partial charge >= 0.3 is 0 Å². The molecule has 3 rings (SSSR count). The van der Waals surface area contributed by atoms with Gasteiger partial charge in [-0.3, -0.25) is 9.69 Å². The molecular formula is C19H20Br2N4O3S. The van der Waals surface area contributed by atoms with Gasteiger partial charge in [0.2, 0.25) is 10.0 Å². The SMILES string of the molecule is O=C(CN1CCN(S(=O)(=O)c2ccc(Br)cc2)CC1)NN=Cc1ccc(Br)cc1. The number of nitrogens with one attached hydrogen (secondary N) is 1. The Morgan fingerprint density at radius 2 is 1.52 bits per heavy atom. The monoisotopic (exact) mass is 542 g/mol. The number of hydrazone groups is 1. The molecule has 1 saturated heterocycles. The fourth-order valence-electron chi connectivity index (χ4n) is 2.85. The molecule has 0 saturated carbocycles. The summed E-state index contributed by atoms with van der Waals surface area (Å²) in [7, 11) is -3.52. The molecule has 1 fully saturated rings. The highest BCUT2D eigenvalue weighted by Crippen LogP contribution is 2.20. The van der Waals surface area contributed by atoms with Crippen molar-refractivity contribution >= 4 is 54.0 Å². The fraction of sp³-hybridized carbons (Fsp3) is 0.263. The molecule has 0 radical (unpaired) electrons. The zero-order valence-electron chi connectivity index (χ0n) is 15.5. The van der Waals surface area contributed by atoms with Crippen LogP contribution >= 0.6 is 31.9 Å². The minimum atomic E-state index is -3.52. The first-order valence-corrected chi connectivity index (χ1v) is 11.9. The first-order chi connectivity index (χ1) is 13.8.